The summed E-state index contributed by atoms with van der Waals surface area (Å²) in [5.41, 5.74) is 0.892. The van der Waals surface area contributed by atoms with E-state index in [-0.39, 0.29) is 6.54 Å². The zero-order chi connectivity index (χ0) is 13.4. The maximum atomic E-state index is 11.2. The SMILES string of the molecule is CCCCC(C=O)N(Cc1ccccc1)C(=O)O. The fraction of sp³-hybridized carbons (Fsp3) is 0.429. The third-order valence-corrected chi connectivity index (χ3v) is 2.85. The van der Waals surface area contributed by atoms with Crippen molar-refractivity contribution in [2.24, 2.45) is 0 Å². The highest BCUT2D eigenvalue weighted by Gasteiger charge is 2.22. The van der Waals surface area contributed by atoms with Gasteiger partial charge in [-0.05, 0) is 12.0 Å². The number of amides is 1. The Hall–Kier alpha value is -1.84. The molecule has 0 fully saturated rings. The first-order valence-corrected chi connectivity index (χ1v) is 6.17. The van der Waals surface area contributed by atoms with Crippen molar-refractivity contribution in [2.45, 2.75) is 38.8 Å². The third kappa shape index (κ3) is 4.20. The van der Waals surface area contributed by atoms with Gasteiger partial charge in [0.15, 0.2) is 0 Å². The molecule has 0 saturated heterocycles. The molecule has 4 nitrogen and oxygen atoms in total. The first kappa shape index (κ1) is 14.2. The van der Waals surface area contributed by atoms with Gasteiger partial charge in [0.1, 0.15) is 6.29 Å². The zero-order valence-corrected chi connectivity index (χ0v) is 10.6. The maximum Gasteiger partial charge on any atom is 0.408 e. The number of carbonyl (C=O) groups is 2. The molecule has 1 rings (SSSR count). The number of carbonyl (C=O) groups excluding carboxylic acids is 1. The van der Waals surface area contributed by atoms with Gasteiger partial charge in [-0.25, -0.2) is 4.79 Å². The molecule has 0 heterocycles. The molecule has 0 aromatic heterocycles. The Kier molecular flexibility index (Phi) is 5.91. The summed E-state index contributed by atoms with van der Waals surface area (Å²) in [4.78, 5) is 23.5. The standard InChI is InChI=1S/C14H19NO3/c1-2-3-9-13(11-16)15(14(17)18)10-12-7-5-4-6-8-12/h4-8,11,13H,2-3,9-10H2,1H3,(H,17,18). The lowest BCUT2D eigenvalue weighted by atomic mass is 10.1. The smallest absolute Gasteiger partial charge is 0.408 e. The van der Waals surface area contributed by atoms with Crippen LogP contribution in [0.3, 0.4) is 0 Å². The Labute approximate surface area is 107 Å². The van der Waals surface area contributed by atoms with E-state index < -0.39 is 12.1 Å². The summed E-state index contributed by atoms with van der Waals surface area (Å²) in [6, 6.07) is 8.76. The zero-order valence-electron chi connectivity index (χ0n) is 10.6. The van der Waals surface area contributed by atoms with Crippen molar-refractivity contribution in [3.63, 3.8) is 0 Å². The molecule has 18 heavy (non-hydrogen) atoms. The summed E-state index contributed by atoms with van der Waals surface area (Å²) >= 11 is 0. The highest BCUT2D eigenvalue weighted by molar-refractivity contribution is 5.71. The van der Waals surface area contributed by atoms with Crippen LogP contribution in [0, 0.1) is 0 Å². The van der Waals surface area contributed by atoms with Gasteiger partial charge >= 0.3 is 6.09 Å². The second-order valence-electron chi connectivity index (χ2n) is 4.24. The molecule has 0 saturated carbocycles. The van der Waals surface area contributed by atoms with Crippen molar-refractivity contribution >= 4 is 12.4 Å². The molecule has 1 N–H and O–H groups in total. The fourth-order valence-electron chi connectivity index (χ4n) is 1.82. The molecule has 1 atom stereocenters. The summed E-state index contributed by atoms with van der Waals surface area (Å²) in [7, 11) is 0. The van der Waals surface area contributed by atoms with Crippen molar-refractivity contribution in [2.75, 3.05) is 0 Å². The fourth-order valence-corrected chi connectivity index (χ4v) is 1.82. The Morgan fingerprint density at radius 2 is 2.06 bits per heavy atom. The number of hydrogen-bond donors (Lipinski definition) is 1. The van der Waals surface area contributed by atoms with Crippen molar-refractivity contribution in [3.8, 4) is 0 Å². The number of nitrogens with zero attached hydrogens (tertiary/aromatic N) is 1. The number of unbranched alkanes of at least 4 members (excludes halogenated alkanes) is 1. The predicted octanol–water partition coefficient (Wildman–Crippen LogP) is 2.92. The number of rotatable bonds is 7. The normalized spacial score (nSPS) is 11.8. The summed E-state index contributed by atoms with van der Waals surface area (Å²) in [5.74, 6) is 0. The minimum absolute atomic E-state index is 0.253. The van der Waals surface area contributed by atoms with Crippen LogP contribution in [0.15, 0.2) is 30.3 Å². The second kappa shape index (κ2) is 7.48. The number of hydrogen-bond acceptors (Lipinski definition) is 2. The van der Waals surface area contributed by atoms with E-state index >= 15 is 0 Å². The molecule has 0 spiro atoms. The minimum atomic E-state index is -1.05. The molecule has 0 aliphatic rings. The molecule has 1 aromatic carbocycles. The monoisotopic (exact) mass is 249 g/mol. The molecule has 0 bridgehead atoms. The van der Waals surface area contributed by atoms with Crippen LogP contribution < -0.4 is 0 Å². The van der Waals surface area contributed by atoms with Crippen LogP contribution in [-0.4, -0.2) is 28.4 Å². The van der Waals surface area contributed by atoms with Crippen molar-refractivity contribution < 1.29 is 14.7 Å². The lowest BCUT2D eigenvalue weighted by molar-refractivity contribution is -0.112. The number of carboxylic acid groups (broad SMARTS) is 1. The highest BCUT2D eigenvalue weighted by Crippen LogP contribution is 2.12. The molecule has 1 unspecified atom stereocenters. The molecular weight excluding hydrogens is 230 g/mol. The van der Waals surface area contributed by atoms with E-state index in [1.807, 2.05) is 37.3 Å². The molecule has 4 heteroatoms. The van der Waals surface area contributed by atoms with Gasteiger partial charge in [0, 0.05) is 6.54 Å². The van der Waals surface area contributed by atoms with E-state index in [4.69, 9.17) is 0 Å². The van der Waals surface area contributed by atoms with Crippen LogP contribution in [0.25, 0.3) is 0 Å². The highest BCUT2D eigenvalue weighted by atomic mass is 16.4. The Balaban J connectivity index is 2.75. The molecule has 98 valence electrons. The Bertz CT molecular complexity index is 378. The van der Waals surface area contributed by atoms with Crippen LogP contribution >= 0.6 is 0 Å². The van der Waals surface area contributed by atoms with Crippen LogP contribution in [0.4, 0.5) is 4.79 Å². The second-order valence-corrected chi connectivity index (χ2v) is 4.24. The van der Waals surface area contributed by atoms with Crippen LogP contribution in [0.1, 0.15) is 31.7 Å². The van der Waals surface area contributed by atoms with Crippen molar-refractivity contribution in [3.05, 3.63) is 35.9 Å². The average Bonchev–Trinajstić information content (AvgIpc) is 2.39. The number of aldehydes is 1. The van der Waals surface area contributed by atoms with Crippen molar-refractivity contribution in [1.82, 2.24) is 4.90 Å². The van der Waals surface area contributed by atoms with Gasteiger partial charge in [-0.1, -0.05) is 50.1 Å². The van der Waals surface area contributed by atoms with Gasteiger partial charge in [-0.2, -0.15) is 0 Å². The summed E-state index contributed by atoms with van der Waals surface area (Å²) in [6.45, 7) is 2.27. The predicted molar refractivity (Wildman–Crippen MR) is 69.4 cm³/mol. The molecule has 0 radical (unpaired) electrons. The molecule has 1 amide bonds. The lowest BCUT2D eigenvalue weighted by Crippen LogP contribution is -2.39. The van der Waals surface area contributed by atoms with E-state index in [0.29, 0.717) is 6.42 Å². The van der Waals surface area contributed by atoms with E-state index in [9.17, 15) is 14.7 Å². The van der Waals surface area contributed by atoms with E-state index in [0.717, 1.165) is 24.7 Å². The third-order valence-electron chi connectivity index (χ3n) is 2.85. The Morgan fingerprint density at radius 3 is 2.56 bits per heavy atom. The number of benzene rings is 1. The quantitative estimate of drug-likeness (QED) is 0.756. The summed E-state index contributed by atoms with van der Waals surface area (Å²) in [5, 5.41) is 9.20. The van der Waals surface area contributed by atoms with Crippen molar-refractivity contribution in [1.29, 1.82) is 0 Å². The Morgan fingerprint density at radius 1 is 1.39 bits per heavy atom. The first-order chi connectivity index (χ1) is 8.69. The van der Waals surface area contributed by atoms with Gasteiger partial charge in [0.25, 0.3) is 0 Å². The van der Waals surface area contributed by atoms with E-state index in [1.54, 1.807) is 0 Å². The lowest BCUT2D eigenvalue weighted by Gasteiger charge is -2.25. The van der Waals surface area contributed by atoms with Gasteiger partial charge in [0.05, 0.1) is 6.04 Å². The minimum Gasteiger partial charge on any atom is -0.465 e. The molecule has 0 aliphatic carbocycles. The first-order valence-electron chi connectivity index (χ1n) is 6.17. The topological polar surface area (TPSA) is 57.6 Å². The summed E-state index contributed by atoms with van der Waals surface area (Å²) < 4.78 is 0. The van der Waals surface area contributed by atoms with Gasteiger partial charge < -0.3 is 9.90 Å². The van der Waals surface area contributed by atoms with E-state index in [2.05, 4.69) is 0 Å². The van der Waals surface area contributed by atoms with E-state index in [1.165, 1.54) is 4.90 Å². The molecule has 1 aromatic rings. The molecular formula is C14H19NO3. The molecule has 0 aliphatic heterocycles. The largest absolute Gasteiger partial charge is 0.465 e. The van der Waals surface area contributed by atoms with Gasteiger partial charge in [-0.15, -0.1) is 0 Å². The maximum absolute atomic E-state index is 11.2. The van der Waals surface area contributed by atoms with Crippen LogP contribution in [0.2, 0.25) is 0 Å². The van der Waals surface area contributed by atoms with Gasteiger partial charge in [0.2, 0.25) is 0 Å². The van der Waals surface area contributed by atoms with Gasteiger partial charge in [-0.3, -0.25) is 4.90 Å². The average molecular weight is 249 g/mol. The van der Waals surface area contributed by atoms with Crippen LogP contribution in [0.5, 0.6) is 0 Å². The van der Waals surface area contributed by atoms with Crippen LogP contribution in [-0.2, 0) is 11.3 Å². The summed E-state index contributed by atoms with van der Waals surface area (Å²) in [6.07, 6.45) is 2.06.